The van der Waals surface area contributed by atoms with Gasteiger partial charge in [-0.3, -0.25) is 9.69 Å². The molecule has 1 amide bonds. The van der Waals surface area contributed by atoms with Gasteiger partial charge in [0.15, 0.2) is 0 Å². The van der Waals surface area contributed by atoms with Crippen molar-refractivity contribution < 1.29 is 4.79 Å². The fourth-order valence-electron chi connectivity index (χ4n) is 2.85. The minimum atomic E-state index is -0.608. The van der Waals surface area contributed by atoms with Crippen LogP contribution in [-0.2, 0) is 4.79 Å². The number of carbonyl (C=O) groups is 1. The van der Waals surface area contributed by atoms with Crippen LogP contribution in [-0.4, -0.2) is 17.3 Å². The molecule has 0 saturated carbocycles. The van der Waals surface area contributed by atoms with Gasteiger partial charge in [-0.15, -0.1) is 23.2 Å². The highest BCUT2D eigenvalue weighted by Gasteiger charge is 2.28. The molecule has 1 aromatic rings. The van der Waals surface area contributed by atoms with E-state index in [1.165, 1.54) is 6.42 Å². The minimum Gasteiger partial charge on any atom is -0.296 e. The monoisotopic (exact) mass is 325 g/mol. The maximum Gasteiger partial charge on any atom is 0.250 e. The van der Waals surface area contributed by atoms with E-state index in [1.54, 1.807) is 4.90 Å². The van der Waals surface area contributed by atoms with E-state index in [0.29, 0.717) is 0 Å². The molecule has 0 radical (unpaired) electrons. The molecule has 1 aromatic carbocycles. The van der Waals surface area contributed by atoms with Crippen molar-refractivity contribution in [3.8, 4) is 0 Å². The van der Waals surface area contributed by atoms with Crippen LogP contribution in [0.4, 0.5) is 5.69 Å². The van der Waals surface area contributed by atoms with Gasteiger partial charge in [0, 0.05) is 0 Å². The highest BCUT2D eigenvalue weighted by Crippen LogP contribution is 2.30. The number of benzene rings is 1. The summed E-state index contributed by atoms with van der Waals surface area (Å²) in [4.78, 5) is 14.3. The van der Waals surface area contributed by atoms with E-state index in [4.69, 9.17) is 23.2 Å². The zero-order valence-electron chi connectivity index (χ0n) is 12.5. The maximum absolute atomic E-state index is 12.7. The molecule has 0 spiro atoms. The van der Waals surface area contributed by atoms with Crippen LogP contribution < -0.4 is 4.90 Å². The number of carbonyl (C=O) groups excluding carboxylic acids is 1. The van der Waals surface area contributed by atoms with Crippen LogP contribution >= 0.6 is 23.2 Å². The predicted molar refractivity (Wildman–Crippen MR) is 90.3 cm³/mol. The van der Waals surface area contributed by atoms with E-state index in [9.17, 15) is 4.79 Å². The number of hydrogen-bond acceptors (Lipinski definition) is 1. The maximum atomic E-state index is 12.7. The third kappa shape index (κ3) is 3.61. The summed E-state index contributed by atoms with van der Waals surface area (Å²) in [6.45, 7) is 3.97. The number of anilines is 1. The molecule has 0 bridgehead atoms. The van der Waals surface area contributed by atoms with Crippen molar-refractivity contribution in [3.63, 3.8) is 0 Å². The standard InChI is InChI=1S/C17H21Cl2NO/c1-12-7-6-8-13(2)16(12)20(11-18)17(21)15(19)14-9-4-3-5-10-14/h6-9,15H,3-5,10-11H2,1-2H3. The molecule has 114 valence electrons. The van der Waals surface area contributed by atoms with Crippen molar-refractivity contribution in [1.29, 1.82) is 0 Å². The molecular weight excluding hydrogens is 305 g/mol. The van der Waals surface area contributed by atoms with Gasteiger partial charge in [-0.25, -0.2) is 0 Å². The number of amides is 1. The Morgan fingerprint density at radius 2 is 1.95 bits per heavy atom. The Bertz CT molecular complexity index is 533. The predicted octanol–water partition coefficient (Wildman–Crippen LogP) is 4.94. The third-order valence-corrected chi connectivity index (χ3v) is 4.67. The first-order valence-electron chi connectivity index (χ1n) is 7.32. The number of halogens is 2. The minimum absolute atomic E-state index is 0.112. The van der Waals surface area contributed by atoms with E-state index in [-0.39, 0.29) is 11.9 Å². The smallest absolute Gasteiger partial charge is 0.250 e. The molecule has 1 aliphatic carbocycles. The van der Waals surface area contributed by atoms with Gasteiger partial charge in [0.05, 0.1) is 5.69 Å². The largest absolute Gasteiger partial charge is 0.296 e. The summed E-state index contributed by atoms with van der Waals surface area (Å²) >= 11 is 12.5. The van der Waals surface area contributed by atoms with E-state index in [2.05, 4.69) is 6.08 Å². The molecule has 1 aliphatic rings. The van der Waals surface area contributed by atoms with Gasteiger partial charge in [-0.2, -0.15) is 0 Å². The van der Waals surface area contributed by atoms with Crippen molar-refractivity contribution in [2.45, 2.75) is 44.9 Å². The zero-order valence-corrected chi connectivity index (χ0v) is 14.0. The van der Waals surface area contributed by atoms with Crippen LogP contribution in [0.15, 0.2) is 29.8 Å². The summed E-state index contributed by atoms with van der Waals surface area (Å²) in [6, 6.07) is 6.06. The first-order chi connectivity index (χ1) is 10.1. The molecule has 1 atom stereocenters. The van der Waals surface area contributed by atoms with Gasteiger partial charge >= 0.3 is 0 Å². The van der Waals surface area contributed by atoms with Gasteiger partial charge in [-0.05, 0) is 56.2 Å². The fourth-order valence-corrected chi connectivity index (χ4v) is 3.40. The second-order valence-corrected chi connectivity index (χ2v) is 6.19. The molecule has 0 aromatic heterocycles. The average molecular weight is 326 g/mol. The quantitative estimate of drug-likeness (QED) is 0.436. The number of nitrogens with zero attached hydrogens (tertiary/aromatic N) is 1. The fraction of sp³-hybridized carbons (Fsp3) is 0.471. The molecule has 2 rings (SSSR count). The van der Waals surface area contributed by atoms with Gasteiger partial charge in [-0.1, -0.05) is 24.3 Å². The van der Waals surface area contributed by atoms with Crippen LogP contribution in [0.25, 0.3) is 0 Å². The number of alkyl halides is 2. The van der Waals surface area contributed by atoms with E-state index < -0.39 is 5.38 Å². The SMILES string of the molecule is Cc1cccc(C)c1N(CCl)C(=O)C(Cl)C1=CCCCC1. The Labute approximate surface area is 136 Å². The molecule has 0 fully saturated rings. The summed E-state index contributed by atoms with van der Waals surface area (Å²) in [7, 11) is 0. The van der Waals surface area contributed by atoms with E-state index in [0.717, 1.165) is 41.6 Å². The summed E-state index contributed by atoms with van der Waals surface area (Å²) in [5.74, 6) is -0.128. The summed E-state index contributed by atoms with van der Waals surface area (Å²) < 4.78 is 0. The number of para-hydroxylation sites is 1. The van der Waals surface area contributed by atoms with Crippen LogP contribution in [0.3, 0.4) is 0 Å². The average Bonchev–Trinajstić information content (AvgIpc) is 2.50. The Kier molecular flexibility index (Phi) is 5.72. The number of rotatable bonds is 4. The lowest BCUT2D eigenvalue weighted by Crippen LogP contribution is -2.38. The lowest BCUT2D eigenvalue weighted by atomic mass is 9.96. The summed E-state index contributed by atoms with van der Waals surface area (Å²) in [5.41, 5.74) is 3.98. The Morgan fingerprint density at radius 3 is 2.48 bits per heavy atom. The zero-order chi connectivity index (χ0) is 15.4. The molecule has 4 heteroatoms. The lowest BCUT2D eigenvalue weighted by Gasteiger charge is -2.27. The Hall–Kier alpha value is -0.990. The van der Waals surface area contributed by atoms with Crippen molar-refractivity contribution in [1.82, 2.24) is 0 Å². The normalized spacial score (nSPS) is 16.3. The molecule has 0 saturated heterocycles. The number of aryl methyl sites for hydroxylation is 2. The van der Waals surface area contributed by atoms with Gasteiger partial charge in [0.25, 0.3) is 0 Å². The Morgan fingerprint density at radius 1 is 1.29 bits per heavy atom. The second-order valence-electron chi connectivity index (χ2n) is 5.51. The Balaban J connectivity index is 2.28. The molecule has 2 nitrogen and oxygen atoms in total. The van der Waals surface area contributed by atoms with Crippen LogP contribution in [0.1, 0.15) is 36.8 Å². The highest BCUT2D eigenvalue weighted by atomic mass is 35.5. The molecule has 0 N–H and O–H groups in total. The van der Waals surface area contributed by atoms with Gasteiger partial charge in [0.1, 0.15) is 11.4 Å². The van der Waals surface area contributed by atoms with Crippen LogP contribution in [0.2, 0.25) is 0 Å². The molecular formula is C17H21Cl2NO. The highest BCUT2D eigenvalue weighted by molar-refractivity contribution is 6.36. The lowest BCUT2D eigenvalue weighted by molar-refractivity contribution is -0.117. The van der Waals surface area contributed by atoms with Crippen LogP contribution in [0.5, 0.6) is 0 Å². The van der Waals surface area contributed by atoms with Gasteiger partial charge < -0.3 is 0 Å². The third-order valence-electron chi connectivity index (χ3n) is 3.96. The van der Waals surface area contributed by atoms with E-state index >= 15 is 0 Å². The first kappa shape index (κ1) is 16.4. The second kappa shape index (κ2) is 7.33. The molecule has 0 aliphatic heterocycles. The van der Waals surface area contributed by atoms with Crippen molar-refractivity contribution in [3.05, 3.63) is 41.0 Å². The van der Waals surface area contributed by atoms with Gasteiger partial charge in [0.2, 0.25) is 5.91 Å². The van der Waals surface area contributed by atoms with Crippen molar-refractivity contribution in [2.24, 2.45) is 0 Å². The molecule has 21 heavy (non-hydrogen) atoms. The van der Waals surface area contributed by atoms with Crippen molar-refractivity contribution >= 4 is 34.8 Å². The summed E-state index contributed by atoms with van der Waals surface area (Å²) in [6.07, 6.45) is 6.30. The molecule has 0 heterocycles. The van der Waals surface area contributed by atoms with Crippen LogP contribution in [0, 0.1) is 13.8 Å². The topological polar surface area (TPSA) is 20.3 Å². The van der Waals surface area contributed by atoms with Crippen molar-refractivity contribution in [2.75, 3.05) is 10.9 Å². The number of allylic oxidation sites excluding steroid dienone is 1. The summed E-state index contributed by atoms with van der Waals surface area (Å²) in [5, 5.41) is -0.608. The van der Waals surface area contributed by atoms with E-state index in [1.807, 2.05) is 32.0 Å². The first-order valence-corrected chi connectivity index (χ1v) is 8.30. The number of hydrogen-bond donors (Lipinski definition) is 0. The molecule has 1 unspecified atom stereocenters.